The van der Waals surface area contributed by atoms with E-state index in [4.69, 9.17) is 5.73 Å². The third-order valence-corrected chi connectivity index (χ3v) is 2.19. The second kappa shape index (κ2) is 8.03. The van der Waals surface area contributed by atoms with Gasteiger partial charge in [0.25, 0.3) is 5.91 Å². The Labute approximate surface area is 106 Å². The molecule has 0 aromatic heterocycles. The molecule has 0 radical (unpaired) electrons. The van der Waals surface area contributed by atoms with E-state index >= 15 is 0 Å². The highest BCUT2D eigenvalue weighted by molar-refractivity contribution is 5.85. The van der Waals surface area contributed by atoms with Gasteiger partial charge < -0.3 is 10.8 Å². The van der Waals surface area contributed by atoms with Crippen molar-refractivity contribution in [3.8, 4) is 0 Å². The number of carbonyl (C=O) groups excluding carboxylic acids is 1. The lowest BCUT2D eigenvalue weighted by Crippen LogP contribution is -2.47. The molecule has 1 rings (SSSR count). The predicted molar refractivity (Wildman–Crippen MR) is 66.5 cm³/mol. The zero-order valence-corrected chi connectivity index (χ0v) is 10.3. The van der Waals surface area contributed by atoms with E-state index in [0.717, 1.165) is 5.56 Å². The van der Waals surface area contributed by atoms with Crippen LogP contribution >= 0.6 is 12.4 Å². The number of nitrogens with two attached hydrogens (primary N) is 1. The second-order valence-corrected chi connectivity index (χ2v) is 3.47. The lowest BCUT2D eigenvalue weighted by atomic mass is 10.0. The molecule has 4 N–H and O–H groups in total. The third kappa shape index (κ3) is 5.14. The average Bonchev–Trinajstić information content (AvgIpc) is 2.29. The molecule has 0 aliphatic carbocycles. The van der Waals surface area contributed by atoms with Crippen molar-refractivity contribution in [1.29, 1.82) is 0 Å². The first kappa shape index (κ1) is 15.9. The first-order valence-corrected chi connectivity index (χ1v) is 4.95. The number of nitrogens with one attached hydrogen (secondary N) is 1. The summed E-state index contributed by atoms with van der Waals surface area (Å²) in [6.07, 6.45) is -0.848. The molecule has 1 unspecified atom stereocenters. The summed E-state index contributed by atoms with van der Waals surface area (Å²) >= 11 is 0. The molecule has 2 atom stereocenters. The van der Waals surface area contributed by atoms with E-state index in [9.17, 15) is 9.90 Å². The summed E-state index contributed by atoms with van der Waals surface area (Å²) in [6, 6.07) is 8.77. The fraction of sp³-hybridized carbons (Fsp3) is 0.364. The number of aliphatic hydroxyl groups is 1. The van der Waals surface area contributed by atoms with Gasteiger partial charge in [0.05, 0.1) is 7.11 Å². The summed E-state index contributed by atoms with van der Waals surface area (Å²) in [5.74, 6) is -0.633. The van der Waals surface area contributed by atoms with Crippen LogP contribution in [0.25, 0.3) is 0 Å². The number of carbonyl (C=O) groups is 1. The number of halogens is 1. The van der Waals surface area contributed by atoms with Gasteiger partial charge in [-0.25, -0.2) is 5.48 Å². The molecule has 17 heavy (non-hydrogen) atoms. The van der Waals surface area contributed by atoms with E-state index in [1.807, 2.05) is 35.8 Å². The van der Waals surface area contributed by atoms with E-state index in [1.165, 1.54) is 7.11 Å². The molecule has 1 aromatic rings. The Balaban J connectivity index is 0.00000256. The normalized spacial score (nSPS) is 13.4. The average molecular weight is 261 g/mol. The van der Waals surface area contributed by atoms with Gasteiger partial charge >= 0.3 is 0 Å². The van der Waals surface area contributed by atoms with Crippen LogP contribution in [0.3, 0.4) is 0 Å². The summed E-state index contributed by atoms with van der Waals surface area (Å²) in [7, 11) is 1.30. The molecule has 0 saturated carbocycles. The van der Waals surface area contributed by atoms with Gasteiger partial charge in [-0.05, 0) is 12.0 Å². The molecular formula is C11H17ClN2O3. The summed E-state index contributed by atoms with van der Waals surface area (Å²) in [5, 5.41) is 9.56. The van der Waals surface area contributed by atoms with Crippen LogP contribution in [0.2, 0.25) is 0 Å². The quantitative estimate of drug-likeness (QED) is 0.652. The lowest BCUT2D eigenvalue weighted by molar-refractivity contribution is -0.141. The number of hydroxylamine groups is 1. The second-order valence-electron chi connectivity index (χ2n) is 3.47. The van der Waals surface area contributed by atoms with Crippen molar-refractivity contribution in [1.82, 2.24) is 5.48 Å². The molecular weight excluding hydrogens is 244 g/mol. The molecule has 0 saturated heterocycles. The van der Waals surface area contributed by atoms with Crippen LogP contribution in [0.15, 0.2) is 30.3 Å². The van der Waals surface area contributed by atoms with E-state index in [1.54, 1.807) is 0 Å². The van der Waals surface area contributed by atoms with Crippen LogP contribution in [0.4, 0.5) is 0 Å². The van der Waals surface area contributed by atoms with Gasteiger partial charge in [0.1, 0.15) is 6.10 Å². The van der Waals surface area contributed by atoms with Crippen molar-refractivity contribution >= 4 is 18.3 Å². The first-order chi connectivity index (χ1) is 7.65. The van der Waals surface area contributed by atoms with Gasteiger partial charge in [0.2, 0.25) is 0 Å². The Morgan fingerprint density at radius 3 is 2.59 bits per heavy atom. The molecule has 1 aromatic carbocycles. The van der Waals surface area contributed by atoms with Gasteiger partial charge in [0, 0.05) is 6.04 Å². The van der Waals surface area contributed by atoms with Crippen molar-refractivity contribution in [3.05, 3.63) is 35.9 Å². The predicted octanol–water partition coefficient (Wildman–Crippen LogP) is 0.0167. The summed E-state index contributed by atoms with van der Waals surface area (Å²) in [4.78, 5) is 15.6. The maximum Gasteiger partial charge on any atom is 0.273 e. The van der Waals surface area contributed by atoms with Crippen LogP contribution in [0.1, 0.15) is 5.56 Å². The van der Waals surface area contributed by atoms with Gasteiger partial charge in [-0.3, -0.25) is 9.63 Å². The van der Waals surface area contributed by atoms with Crippen LogP contribution in [0, 0.1) is 0 Å². The zero-order chi connectivity index (χ0) is 12.0. The van der Waals surface area contributed by atoms with Crippen molar-refractivity contribution in [2.45, 2.75) is 18.6 Å². The largest absolute Gasteiger partial charge is 0.382 e. The van der Waals surface area contributed by atoms with Crippen LogP contribution in [0.5, 0.6) is 0 Å². The highest BCUT2D eigenvalue weighted by atomic mass is 35.5. The van der Waals surface area contributed by atoms with Crippen LogP contribution < -0.4 is 11.2 Å². The van der Waals surface area contributed by atoms with Gasteiger partial charge in [-0.15, -0.1) is 12.4 Å². The van der Waals surface area contributed by atoms with Crippen molar-refractivity contribution in [2.24, 2.45) is 5.73 Å². The van der Waals surface area contributed by atoms with Crippen molar-refractivity contribution in [3.63, 3.8) is 0 Å². The first-order valence-electron chi connectivity index (χ1n) is 4.95. The van der Waals surface area contributed by atoms with E-state index in [0.29, 0.717) is 6.42 Å². The lowest BCUT2D eigenvalue weighted by Gasteiger charge is -2.17. The third-order valence-electron chi connectivity index (χ3n) is 2.19. The van der Waals surface area contributed by atoms with Crippen LogP contribution in [-0.4, -0.2) is 30.3 Å². The Hall–Kier alpha value is -1.14. The summed E-state index contributed by atoms with van der Waals surface area (Å²) in [6.45, 7) is 0. The number of hydrogen-bond acceptors (Lipinski definition) is 4. The number of benzene rings is 1. The molecule has 5 nitrogen and oxygen atoms in total. The Bertz CT molecular complexity index is 335. The minimum atomic E-state index is -1.28. The molecule has 6 heteroatoms. The smallest absolute Gasteiger partial charge is 0.273 e. The molecule has 0 bridgehead atoms. The highest BCUT2D eigenvalue weighted by Gasteiger charge is 2.22. The fourth-order valence-corrected chi connectivity index (χ4v) is 1.35. The monoisotopic (exact) mass is 260 g/mol. The Morgan fingerprint density at radius 2 is 2.06 bits per heavy atom. The molecule has 1 amide bonds. The maximum atomic E-state index is 11.2. The molecule has 0 heterocycles. The van der Waals surface area contributed by atoms with Gasteiger partial charge in [0.15, 0.2) is 0 Å². The topological polar surface area (TPSA) is 84.6 Å². The number of rotatable bonds is 5. The van der Waals surface area contributed by atoms with Crippen LogP contribution in [-0.2, 0) is 16.1 Å². The zero-order valence-electron chi connectivity index (χ0n) is 9.50. The van der Waals surface area contributed by atoms with Gasteiger partial charge in [-0.1, -0.05) is 30.3 Å². The van der Waals surface area contributed by atoms with E-state index in [-0.39, 0.29) is 12.4 Å². The summed E-state index contributed by atoms with van der Waals surface area (Å²) in [5.41, 5.74) is 8.73. The number of amides is 1. The molecule has 0 fully saturated rings. The number of aliphatic hydroxyl groups excluding tert-OH is 1. The molecule has 0 aliphatic rings. The fourth-order valence-electron chi connectivity index (χ4n) is 1.35. The molecule has 96 valence electrons. The maximum absolute atomic E-state index is 11.2. The minimum Gasteiger partial charge on any atom is -0.382 e. The number of hydrogen-bond donors (Lipinski definition) is 3. The Kier molecular flexibility index (Phi) is 7.49. The SMILES string of the molecule is CONC(=O)C(O)[C@@H](N)Cc1ccccc1.Cl. The standard InChI is InChI=1S/C11H16N2O3.ClH/c1-16-13-11(15)10(14)9(12)7-8-5-3-2-4-6-8;/h2-6,9-10,14H,7,12H2,1H3,(H,13,15);1H/t9-,10?;/m0./s1. The van der Waals surface area contributed by atoms with Crippen molar-refractivity contribution in [2.75, 3.05) is 7.11 Å². The highest BCUT2D eigenvalue weighted by Crippen LogP contribution is 2.04. The van der Waals surface area contributed by atoms with Gasteiger partial charge in [-0.2, -0.15) is 0 Å². The van der Waals surface area contributed by atoms with E-state index in [2.05, 4.69) is 4.84 Å². The minimum absolute atomic E-state index is 0. The summed E-state index contributed by atoms with van der Waals surface area (Å²) < 4.78 is 0. The Morgan fingerprint density at radius 1 is 1.47 bits per heavy atom. The van der Waals surface area contributed by atoms with E-state index < -0.39 is 18.1 Å². The molecule has 0 aliphatic heterocycles. The molecule has 0 spiro atoms. The van der Waals surface area contributed by atoms with Crippen molar-refractivity contribution < 1.29 is 14.7 Å².